The van der Waals surface area contributed by atoms with Crippen LogP contribution in [0.1, 0.15) is 43.0 Å². The zero-order valence-corrected chi connectivity index (χ0v) is 12.4. The Morgan fingerprint density at radius 1 is 1.30 bits per heavy atom. The second kappa shape index (κ2) is 5.27. The molecular formula is C16H21NO3. The van der Waals surface area contributed by atoms with Crippen molar-refractivity contribution in [3.63, 3.8) is 0 Å². The molecule has 1 N–H and O–H groups in total. The predicted molar refractivity (Wildman–Crippen MR) is 76.4 cm³/mol. The summed E-state index contributed by atoms with van der Waals surface area (Å²) in [7, 11) is 0. The Labute approximate surface area is 119 Å². The largest absolute Gasteiger partial charge is 0.481 e. The van der Waals surface area contributed by atoms with Crippen LogP contribution < -0.4 is 0 Å². The molecule has 1 fully saturated rings. The number of carbonyl (C=O) groups is 2. The summed E-state index contributed by atoms with van der Waals surface area (Å²) >= 11 is 0. The molecule has 1 saturated heterocycles. The van der Waals surface area contributed by atoms with Gasteiger partial charge < -0.3 is 10.0 Å². The standard InChI is InChI=1S/C16H21NO3/c1-9(2)17-14(18)8-13(16(19)20)15(17)12-6-5-10(3)11(4)7-12/h5-7,9,13,15H,8H2,1-4H3,(H,19,20). The lowest BCUT2D eigenvalue weighted by Crippen LogP contribution is -2.36. The highest BCUT2D eigenvalue weighted by atomic mass is 16.4. The fourth-order valence-corrected chi connectivity index (χ4v) is 2.93. The Kier molecular flexibility index (Phi) is 3.84. The summed E-state index contributed by atoms with van der Waals surface area (Å²) in [5.41, 5.74) is 3.20. The molecule has 20 heavy (non-hydrogen) atoms. The van der Waals surface area contributed by atoms with Gasteiger partial charge in [0.15, 0.2) is 0 Å². The quantitative estimate of drug-likeness (QED) is 0.922. The van der Waals surface area contributed by atoms with E-state index in [0.29, 0.717) is 0 Å². The number of hydrogen-bond donors (Lipinski definition) is 1. The van der Waals surface area contributed by atoms with Gasteiger partial charge in [-0.25, -0.2) is 0 Å². The number of hydrogen-bond acceptors (Lipinski definition) is 2. The van der Waals surface area contributed by atoms with Crippen molar-refractivity contribution in [2.45, 2.75) is 46.2 Å². The molecule has 4 heteroatoms. The SMILES string of the molecule is Cc1ccc(C2C(C(=O)O)CC(=O)N2C(C)C)cc1C. The van der Waals surface area contributed by atoms with Crippen LogP contribution in [0.15, 0.2) is 18.2 Å². The van der Waals surface area contributed by atoms with Gasteiger partial charge in [0, 0.05) is 12.5 Å². The number of carboxylic acid groups (broad SMARTS) is 1. The molecule has 0 bridgehead atoms. The summed E-state index contributed by atoms with van der Waals surface area (Å²) in [5.74, 6) is -1.63. The first kappa shape index (κ1) is 14.6. The van der Waals surface area contributed by atoms with E-state index >= 15 is 0 Å². The van der Waals surface area contributed by atoms with E-state index in [0.717, 1.165) is 11.1 Å². The van der Waals surface area contributed by atoms with Crippen molar-refractivity contribution in [2.24, 2.45) is 5.92 Å². The van der Waals surface area contributed by atoms with Gasteiger partial charge in [-0.3, -0.25) is 9.59 Å². The minimum atomic E-state index is -0.898. The van der Waals surface area contributed by atoms with Crippen LogP contribution in [0.3, 0.4) is 0 Å². The molecule has 0 aromatic heterocycles. The predicted octanol–water partition coefficient (Wildman–Crippen LogP) is 2.69. The van der Waals surface area contributed by atoms with E-state index in [2.05, 4.69) is 0 Å². The van der Waals surface area contributed by atoms with Gasteiger partial charge >= 0.3 is 5.97 Å². The lowest BCUT2D eigenvalue weighted by atomic mass is 9.91. The van der Waals surface area contributed by atoms with Gasteiger partial charge in [0.05, 0.1) is 12.0 Å². The molecule has 1 aromatic carbocycles. The zero-order chi connectivity index (χ0) is 15.0. The highest BCUT2D eigenvalue weighted by molar-refractivity contribution is 5.87. The Hall–Kier alpha value is -1.84. The van der Waals surface area contributed by atoms with E-state index in [9.17, 15) is 14.7 Å². The zero-order valence-electron chi connectivity index (χ0n) is 12.4. The Morgan fingerprint density at radius 2 is 1.95 bits per heavy atom. The van der Waals surface area contributed by atoms with Gasteiger partial charge in [-0.1, -0.05) is 18.2 Å². The maximum atomic E-state index is 12.1. The Balaban J connectivity index is 2.48. The fraction of sp³-hybridized carbons (Fsp3) is 0.500. The van der Waals surface area contributed by atoms with Gasteiger partial charge in [-0.2, -0.15) is 0 Å². The number of likely N-dealkylation sites (tertiary alicyclic amines) is 1. The number of nitrogens with zero attached hydrogens (tertiary/aromatic N) is 1. The Bertz CT molecular complexity index is 551. The highest BCUT2D eigenvalue weighted by Crippen LogP contribution is 2.40. The average molecular weight is 275 g/mol. The molecule has 108 valence electrons. The second-order valence-electron chi connectivity index (χ2n) is 5.83. The summed E-state index contributed by atoms with van der Waals surface area (Å²) in [5, 5.41) is 9.41. The first-order valence-corrected chi connectivity index (χ1v) is 6.94. The number of carboxylic acids is 1. The Morgan fingerprint density at radius 3 is 2.45 bits per heavy atom. The van der Waals surface area contributed by atoms with Crippen LogP contribution >= 0.6 is 0 Å². The summed E-state index contributed by atoms with van der Waals surface area (Å²) in [6.07, 6.45) is 0.0884. The number of aliphatic carboxylic acids is 1. The van der Waals surface area contributed by atoms with Crippen LogP contribution in [0.4, 0.5) is 0 Å². The monoisotopic (exact) mass is 275 g/mol. The number of amides is 1. The minimum Gasteiger partial charge on any atom is -0.481 e. The summed E-state index contributed by atoms with van der Waals surface area (Å²) in [6.45, 7) is 7.88. The molecule has 1 heterocycles. The molecule has 0 spiro atoms. The van der Waals surface area contributed by atoms with Crippen LogP contribution in [0.5, 0.6) is 0 Å². The first-order valence-electron chi connectivity index (χ1n) is 6.94. The van der Waals surface area contributed by atoms with Gasteiger partial charge in [-0.15, -0.1) is 0 Å². The van der Waals surface area contributed by atoms with E-state index in [1.165, 1.54) is 5.56 Å². The van der Waals surface area contributed by atoms with Crippen molar-refractivity contribution in [2.75, 3.05) is 0 Å². The van der Waals surface area contributed by atoms with Gasteiger partial charge in [0.2, 0.25) is 5.91 Å². The third-order valence-electron chi connectivity index (χ3n) is 4.11. The van der Waals surface area contributed by atoms with Crippen LogP contribution in [0.2, 0.25) is 0 Å². The topological polar surface area (TPSA) is 57.6 Å². The van der Waals surface area contributed by atoms with E-state index in [4.69, 9.17) is 0 Å². The molecule has 2 rings (SSSR count). The lowest BCUT2D eigenvalue weighted by molar-refractivity contribution is -0.142. The second-order valence-corrected chi connectivity index (χ2v) is 5.83. The van der Waals surface area contributed by atoms with Crippen molar-refractivity contribution < 1.29 is 14.7 Å². The van der Waals surface area contributed by atoms with Crippen molar-refractivity contribution in [1.82, 2.24) is 4.90 Å². The molecule has 1 aromatic rings. The highest BCUT2D eigenvalue weighted by Gasteiger charge is 2.45. The van der Waals surface area contributed by atoms with Crippen LogP contribution in [0, 0.1) is 19.8 Å². The van der Waals surface area contributed by atoms with E-state index in [-0.39, 0.29) is 24.4 Å². The molecule has 2 unspecified atom stereocenters. The fourth-order valence-electron chi connectivity index (χ4n) is 2.93. The van der Waals surface area contributed by atoms with Gasteiger partial charge in [0.25, 0.3) is 0 Å². The van der Waals surface area contributed by atoms with Crippen molar-refractivity contribution >= 4 is 11.9 Å². The molecule has 0 saturated carbocycles. The molecule has 1 aliphatic rings. The average Bonchev–Trinajstić information content (AvgIpc) is 2.70. The maximum absolute atomic E-state index is 12.1. The third-order valence-corrected chi connectivity index (χ3v) is 4.11. The van der Waals surface area contributed by atoms with E-state index < -0.39 is 11.9 Å². The minimum absolute atomic E-state index is 0.00143. The normalized spacial score (nSPS) is 22.6. The molecule has 0 radical (unpaired) electrons. The summed E-state index contributed by atoms with van der Waals surface area (Å²) in [4.78, 5) is 25.3. The molecule has 1 amide bonds. The summed E-state index contributed by atoms with van der Waals surface area (Å²) < 4.78 is 0. The van der Waals surface area contributed by atoms with Gasteiger partial charge in [0.1, 0.15) is 0 Å². The number of benzene rings is 1. The van der Waals surface area contributed by atoms with Crippen LogP contribution in [0.25, 0.3) is 0 Å². The van der Waals surface area contributed by atoms with Crippen molar-refractivity contribution in [1.29, 1.82) is 0 Å². The molecule has 4 nitrogen and oxygen atoms in total. The molecule has 2 atom stereocenters. The van der Waals surface area contributed by atoms with Crippen LogP contribution in [-0.2, 0) is 9.59 Å². The van der Waals surface area contributed by atoms with E-state index in [1.807, 2.05) is 45.9 Å². The number of aryl methyl sites for hydroxylation is 2. The maximum Gasteiger partial charge on any atom is 0.309 e. The van der Waals surface area contributed by atoms with Crippen molar-refractivity contribution in [3.05, 3.63) is 34.9 Å². The first-order chi connectivity index (χ1) is 9.32. The molecule has 0 aliphatic carbocycles. The smallest absolute Gasteiger partial charge is 0.309 e. The number of rotatable bonds is 3. The van der Waals surface area contributed by atoms with Gasteiger partial charge in [-0.05, 0) is 44.4 Å². The number of carbonyl (C=O) groups excluding carboxylic acids is 1. The lowest BCUT2D eigenvalue weighted by Gasteiger charge is -2.31. The summed E-state index contributed by atoms with van der Waals surface area (Å²) in [6, 6.07) is 5.57. The molecule has 1 aliphatic heterocycles. The third kappa shape index (κ3) is 2.42. The van der Waals surface area contributed by atoms with Crippen molar-refractivity contribution in [3.8, 4) is 0 Å². The van der Waals surface area contributed by atoms with E-state index in [1.54, 1.807) is 4.90 Å². The van der Waals surface area contributed by atoms with Crippen LogP contribution in [-0.4, -0.2) is 27.9 Å². The molecular weight excluding hydrogens is 254 g/mol.